The van der Waals surface area contributed by atoms with Crippen molar-refractivity contribution in [3.8, 4) is 0 Å². The molecule has 1 atom stereocenters. The number of nitrogens with zero attached hydrogens (tertiary/aromatic N) is 1. The van der Waals surface area contributed by atoms with Crippen LogP contribution in [0.4, 0.5) is 0 Å². The molecule has 0 radical (unpaired) electrons. The molecule has 1 unspecified atom stereocenters. The van der Waals surface area contributed by atoms with E-state index < -0.39 is 0 Å². The lowest BCUT2D eigenvalue weighted by Gasteiger charge is -2.19. The fraction of sp³-hybridized carbons (Fsp3) is 1.00. The first kappa shape index (κ1) is 10.9. The SMILES string of the molecule is CCCN(C)CC(C)CCN. The maximum absolute atomic E-state index is 5.46. The molecule has 0 amide bonds. The lowest BCUT2D eigenvalue weighted by Crippen LogP contribution is -2.26. The first-order valence-electron chi connectivity index (χ1n) is 4.59. The molecule has 0 aliphatic heterocycles. The summed E-state index contributed by atoms with van der Waals surface area (Å²) >= 11 is 0. The molecular weight excluding hydrogens is 136 g/mol. The van der Waals surface area contributed by atoms with Gasteiger partial charge >= 0.3 is 0 Å². The molecular formula is C9H22N2. The van der Waals surface area contributed by atoms with E-state index in [2.05, 4.69) is 25.8 Å². The summed E-state index contributed by atoms with van der Waals surface area (Å²) in [4.78, 5) is 2.38. The van der Waals surface area contributed by atoms with Crippen molar-refractivity contribution < 1.29 is 0 Å². The van der Waals surface area contributed by atoms with Gasteiger partial charge in [0.05, 0.1) is 0 Å². The first-order valence-corrected chi connectivity index (χ1v) is 4.59. The molecule has 0 aliphatic carbocycles. The van der Waals surface area contributed by atoms with E-state index in [1.54, 1.807) is 0 Å². The highest BCUT2D eigenvalue weighted by Gasteiger charge is 2.03. The molecule has 0 rings (SSSR count). The van der Waals surface area contributed by atoms with Gasteiger partial charge in [-0.15, -0.1) is 0 Å². The molecule has 0 heterocycles. The van der Waals surface area contributed by atoms with Gasteiger partial charge in [0.1, 0.15) is 0 Å². The zero-order valence-corrected chi connectivity index (χ0v) is 8.14. The van der Waals surface area contributed by atoms with E-state index in [1.165, 1.54) is 19.5 Å². The second kappa shape index (κ2) is 6.62. The Balaban J connectivity index is 3.32. The van der Waals surface area contributed by atoms with E-state index in [0.717, 1.165) is 18.9 Å². The topological polar surface area (TPSA) is 29.3 Å². The minimum Gasteiger partial charge on any atom is -0.330 e. The summed E-state index contributed by atoms with van der Waals surface area (Å²) in [5, 5.41) is 0. The van der Waals surface area contributed by atoms with E-state index in [-0.39, 0.29) is 0 Å². The molecule has 0 aromatic rings. The number of hydrogen-bond donors (Lipinski definition) is 1. The van der Waals surface area contributed by atoms with Gasteiger partial charge in [-0.3, -0.25) is 0 Å². The second-order valence-corrected chi connectivity index (χ2v) is 3.44. The summed E-state index contributed by atoms with van der Waals surface area (Å²) < 4.78 is 0. The highest BCUT2D eigenvalue weighted by Crippen LogP contribution is 2.02. The monoisotopic (exact) mass is 158 g/mol. The number of hydrogen-bond acceptors (Lipinski definition) is 2. The number of rotatable bonds is 6. The smallest absolute Gasteiger partial charge is 0.000444 e. The van der Waals surface area contributed by atoms with Crippen molar-refractivity contribution in [3.05, 3.63) is 0 Å². The van der Waals surface area contributed by atoms with Crippen LogP contribution in [0.2, 0.25) is 0 Å². The summed E-state index contributed by atoms with van der Waals surface area (Å²) in [6.45, 7) is 7.68. The van der Waals surface area contributed by atoms with Crippen LogP contribution >= 0.6 is 0 Å². The Morgan fingerprint density at radius 1 is 1.45 bits per heavy atom. The van der Waals surface area contributed by atoms with Crippen molar-refractivity contribution in [1.82, 2.24) is 4.90 Å². The van der Waals surface area contributed by atoms with Gasteiger partial charge in [0.25, 0.3) is 0 Å². The van der Waals surface area contributed by atoms with Crippen LogP contribution in [-0.4, -0.2) is 31.6 Å². The van der Waals surface area contributed by atoms with E-state index >= 15 is 0 Å². The van der Waals surface area contributed by atoms with Crippen molar-refractivity contribution in [1.29, 1.82) is 0 Å². The van der Waals surface area contributed by atoms with Crippen LogP contribution in [0, 0.1) is 5.92 Å². The lowest BCUT2D eigenvalue weighted by molar-refractivity contribution is 0.280. The van der Waals surface area contributed by atoms with Crippen molar-refractivity contribution in [3.63, 3.8) is 0 Å². The molecule has 0 aromatic heterocycles. The summed E-state index contributed by atoms with van der Waals surface area (Å²) in [5.41, 5.74) is 5.46. The molecule has 11 heavy (non-hydrogen) atoms. The maximum Gasteiger partial charge on any atom is 0.000444 e. The van der Waals surface area contributed by atoms with E-state index in [0.29, 0.717) is 0 Å². The van der Waals surface area contributed by atoms with Gasteiger partial charge in [-0.05, 0) is 38.9 Å². The molecule has 0 saturated carbocycles. The second-order valence-electron chi connectivity index (χ2n) is 3.44. The van der Waals surface area contributed by atoms with Gasteiger partial charge in [0.2, 0.25) is 0 Å². The lowest BCUT2D eigenvalue weighted by atomic mass is 10.1. The third kappa shape index (κ3) is 6.32. The standard InChI is InChI=1S/C9H22N2/c1-4-7-11(3)8-9(2)5-6-10/h9H,4-8,10H2,1-3H3. The van der Waals surface area contributed by atoms with Crippen LogP contribution in [-0.2, 0) is 0 Å². The van der Waals surface area contributed by atoms with Gasteiger partial charge < -0.3 is 10.6 Å². The average molecular weight is 158 g/mol. The van der Waals surface area contributed by atoms with Crippen LogP contribution in [0.5, 0.6) is 0 Å². The van der Waals surface area contributed by atoms with Crippen LogP contribution in [0.15, 0.2) is 0 Å². The Labute approximate surface area is 70.8 Å². The predicted octanol–water partition coefficient (Wildman–Crippen LogP) is 1.31. The Hall–Kier alpha value is -0.0800. The van der Waals surface area contributed by atoms with Crippen molar-refractivity contribution in [2.75, 3.05) is 26.7 Å². The quantitative estimate of drug-likeness (QED) is 0.631. The summed E-state index contributed by atoms with van der Waals surface area (Å²) in [6, 6.07) is 0. The first-order chi connectivity index (χ1) is 5.20. The zero-order valence-electron chi connectivity index (χ0n) is 8.14. The molecule has 0 aromatic carbocycles. The molecule has 0 fully saturated rings. The summed E-state index contributed by atoms with van der Waals surface area (Å²) in [5.74, 6) is 0.747. The Bertz CT molecular complexity index is 73.6. The van der Waals surface area contributed by atoms with E-state index in [4.69, 9.17) is 5.73 Å². The third-order valence-corrected chi connectivity index (χ3v) is 1.89. The van der Waals surface area contributed by atoms with Gasteiger partial charge in [-0.2, -0.15) is 0 Å². The fourth-order valence-electron chi connectivity index (χ4n) is 1.38. The van der Waals surface area contributed by atoms with Gasteiger partial charge in [-0.25, -0.2) is 0 Å². The van der Waals surface area contributed by atoms with Crippen molar-refractivity contribution in [2.24, 2.45) is 11.7 Å². The largest absolute Gasteiger partial charge is 0.330 e. The average Bonchev–Trinajstić information content (AvgIpc) is 1.87. The molecule has 0 bridgehead atoms. The van der Waals surface area contributed by atoms with Crippen molar-refractivity contribution in [2.45, 2.75) is 26.7 Å². The van der Waals surface area contributed by atoms with Crippen molar-refractivity contribution >= 4 is 0 Å². The van der Waals surface area contributed by atoms with Gasteiger partial charge in [0, 0.05) is 6.54 Å². The van der Waals surface area contributed by atoms with Crippen LogP contribution < -0.4 is 5.73 Å². The third-order valence-electron chi connectivity index (χ3n) is 1.89. The summed E-state index contributed by atoms with van der Waals surface area (Å²) in [7, 11) is 2.18. The molecule has 2 heteroatoms. The zero-order chi connectivity index (χ0) is 8.69. The van der Waals surface area contributed by atoms with Crippen LogP contribution in [0.1, 0.15) is 26.7 Å². The molecule has 2 nitrogen and oxygen atoms in total. The molecule has 0 spiro atoms. The molecule has 0 saturated heterocycles. The van der Waals surface area contributed by atoms with Crippen LogP contribution in [0.25, 0.3) is 0 Å². The van der Waals surface area contributed by atoms with Gasteiger partial charge in [0.15, 0.2) is 0 Å². The Morgan fingerprint density at radius 3 is 2.55 bits per heavy atom. The summed E-state index contributed by atoms with van der Waals surface area (Å²) in [6.07, 6.45) is 2.39. The molecule has 0 aliphatic rings. The Morgan fingerprint density at radius 2 is 2.09 bits per heavy atom. The highest BCUT2D eigenvalue weighted by molar-refractivity contribution is 4.58. The normalized spacial score (nSPS) is 13.9. The van der Waals surface area contributed by atoms with Crippen LogP contribution in [0.3, 0.4) is 0 Å². The van der Waals surface area contributed by atoms with Gasteiger partial charge in [-0.1, -0.05) is 13.8 Å². The highest BCUT2D eigenvalue weighted by atomic mass is 15.1. The van der Waals surface area contributed by atoms with E-state index in [1.807, 2.05) is 0 Å². The molecule has 68 valence electrons. The Kier molecular flexibility index (Phi) is 6.57. The number of nitrogens with two attached hydrogens (primary N) is 1. The minimum absolute atomic E-state index is 0.747. The predicted molar refractivity (Wildman–Crippen MR) is 50.6 cm³/mol. The fourth-order valence-corrected chi connectivity index (χ4v) is 1.38. The minimum atomic E-state index is 0.747. The van der Waals surface area contributed by atoms with E-state index in [9.17, 15) is 0 Å². The maximum atomic E-state index is 5.46. The molecule has 2 N–H and O–H groups in total.